The van der Waals surface area contributed by atoms with Gasteiger partial charge in [-0.15, -0.1) is 0 Å². The van der Waals surface area contributed by atoms with Gasteiger partial charge in [0, 0.05) is 32.5 Å². The molecule has 0 aliphatic rings. The number of hydrazone groups is 1. The molecule has 2 heterocycles. The summed E-state index contributed by atoms with van der Waals surface area (Å²) in [5, 5.41) is 4.99. The van der Waals surface area contributed by atoms with Gasteiger partial charge in [0.25, 0.3) is 0 Å². The number of fused-ring (bicyclic) bond motifs is 1. The fraction of sp³-hybridized carbons (Fsp3) is 0.167. The van der Waals surface area contributed by atoms with Crippen molar-refractivity contribution in [3.8, 4) is 5.69 Å². The number of aryl methyl sites for hydroxylation is 2. The molecule has 0 radical (unpaired) electrons. The number of nitrogens with zero attached hydrogens (tertiary/aromatic N) is 2. The molecule has 7 heteroatoms. The first-order valence-electron chi connectivity index (χ1n) is 9.88. The van der Waals surface area contributed by atoms with Crippen molar-refractivity contribution < 1.29 is 9.21 Å². The van der Waals surface area contributed by atoms with E-state index in [0.717, 1.165) is 37.7 Å². The summed E-state index contributed by atoms with van der Waals surface area (Å²) >= 11 is 6.89. The highest BCUT2D eigenvalue weighted by molar-refractivity contribution is 9.11. The minimum Gasteiger partial charge on any atom is -0.450 e. The lowest BCUT2D eigenvalue weighted by atomic mass is 10.1. The van der Waals surface area contributed by atoms with Crippen LogP contribution >= 0.6 is 31.9 Å². The molecular weight excluding hydrogens is 522 g/mol. The molecule has 1 N–H and O–H groups in total. The van der Waals surface area contributed by atoms with E-state index >= 15 is 0 Å². The Morgan fingerprint density at radius 3 is 2.71 bits per heavy atom. The van der Waals surface area contributed by atoms with Gasteiger partial charge in [0.1, 0.15) is 5.58 Å². The highest BCUT2D eigenvalue weighted by atomic mass is 79.9. The van der Waals surface area contributed by atoms with Crippen LogP contribution in [0.5, 0.6) is 0 Å². The third-order valence-corrected chi connectivity index (χ3v) is 6.26. The summed E-state index contributed by atoms with van der Waals surface area (Å²) in [6, 6.07) is 15.9. The van der Waals surface area contributed by atoms with Crippen LogP contribution in [0, 0.1) is 13.8 Å². The van der Waals surface area contributed by atoms with Gasteiger partial charge in [-0.3, -0.25) is 4.79 Å². The van der Waals surface area contributed by atoms with Gasteiger partial charge >= 0.3 is 5.91 Å². The lowest BCUT2D eigenvalue weighted by Gasteiger charge is -2.13. The SMILES string of the molecule is CCc1ccccc1-n1c(C)cc(/C=N\NC(=O)c2cc3cc(Br)cc(Br)c3o2)c1C. The van der Waals surface area contributed by atoms with Crippen LogP contribution in [0.4, 0.5) is 0 Å². The minimum atomic E-state index is -0.402. The number of rotatable bonds is 5. The highest BCUT2D eigenvalue weighted by Crippen LogP contribution is 2.31. The van der Waals surface area contributed by atoms with E-state index in [1.807, 2.05) is 18.2 Å². The largest absolute Gasteiger partial charge is 0.450 e. The molecule has 0 aliphatic heterocycles. The standard InChI is InChI=1S/C24H21Br2N3O2/c1-4-16-7-5-6-8-21(16)29-14(2)9-18(15(29)3)13-27-28-24(30)22-11-17-10-19(25)12-20(26)23(17)31-22/h5-13H,4H2,1-3H3,(H,28,30)/b27-13-. The zero-order valence-electron chi connectivity index (χ0n) is 17.4. The molecule has 0 bridgehead atoms. The number of carbonyl (C=O) groups is 1. The Labute approximate surface area is 197 Å². The van der Waals surface area contributed by atoms with Crippen LogP contribution in [-0.4, -0.2) is 16.7 Å². The molecule has 31 heavy (non-hydrogen) atoms. The van der Waals surface area contributed by atoms with Crippen molar-refractivity contribution in [1.29, 1.82) is 0 Å². The van der Waals surface area contributed by atoms with Gasteiger partial charge in [0.05, 0.1) is 10.7 Å². The molecule has 0 spiro atoms. The third-order valence-electron chi connectivity index (χ3n) is 5.21. The monoisotopic (exact) mass is 541 g/mol. The summed E-state index contributed by atoms with van der Waals surface area (Å²) in [5.74, 6) is -0.200. The molecule has 0 saturated carbocycles. The van der Waals surface area contributed by atoms with Crippen molar-refractivity contribution >= 4 is 55.0 Å². The lowest BCUT2D eigenvalue weighted by Crippen LogP contribution is -2.16. The highest BCUT2D eigenvalue weighted by Gasteiger charge is 2.15. The predicted molar refractivity (Wildman–Crippen MR) is 131 cm³/mol. The smallest absolute Gasteiger partial charge is 0.307 e. The van der Waals surface area contributed by atoms with E-state index in [9.17, 15) is 4.79 Å². The number of hydrogen-bond acceptors (Lipinski definition) is 3. The van der Waals surface area contributed by atoms with Gasteiger partial charge in [-0.2, -0.15) is 5.10 Å². The number of nitrogens with one attached hydrogen (secondary N) is 1. The summed E-state index contributed by atoms with van der Waals surface area (Å²) in [6.45, 7) is 6.28. The van der Waals surface area contributed by atoms with Crippen LogP contribution < -0.4 is 5.43 Å². The number of aromatic nitrogens is 1. The third kappa shape index (κ3) is 4.25. The van der Waals surface area contributed by atoms with Gasteiger partial charge in [-0.05, 0) is 72.1 Å². The Morgan fingerprint density at radius 1 is 1.16 bits per heavy atom. The summed E-state index contributed by atoms with van der Waals surface area (Å²) < 4.78 is 9.59. The summed E-state index contributed by atoms with van der Waals surface area (Å²) in [4.78, 5) is 12.5. The van der Waals surface area contributed by atoms with E-state index in [2.05, 4.69) is 92.0 Å². The van der Waals surface area contributed by atoms with Crippen LogP contribution in [0.1, 0.15) is 40.0 Å². The van der Waals surface area contributed by atoms with Gasteiger partial charge in [0.15, 0.2) is 5.76 Å². The first kappa shape index (κ1) is 21.6. The predicted octanol–water partition coefficient (Wildman–Crippen LogP) is 6.69. The molecule has 4 aromatic rings. The molecule has 0 aliphatic carbocycles. The van der Waals surface area contributed by atoms with Crippen LogP contribution in [0.25, 0.3) is 16.7 Å². The number of carbonyl (C=O) groups excluding carboxylic acids is 1. The normalized spacial score (nSPS) is 11.5. The molecule has 0 saturated heterocycles. The van der Waals surface area contributed by atoms with Gasteiger partial charge in [-0.1, -0.05) is 41.1 Å². The molecule has 5 nitrogen and oxygen atoms in total. The van der Waals surface area contributed by atoms with Crippen molar-refractivity contribution in [3.63, 3.8) is 0 Å². The van der Waals surface area contributed by atoms with Crippen LogP contribution in [0.15, 0.2) is 67.0 Å². The second-order valence-corrected chi connectivity index (χ2v) is 9.03. The Morgan fingerprint density at radius 2 is 1.94 bits per heavy atom. The Hall–Kier alpha value is -2.64. The van der Waals surface area contributed by atoms with Crippen molar-refractivity contribution in [2.24, 2.45) is 5.10 Å². The quantitative estimate of drug-likeness (QED) is 0.225. The Balaban J connectivity index is 1.56. The molecule has 0 fully saturated rings. The molecule has 0 unspecified atom stereocenters. The molecule has 4 rings (SSSR count). The zero-order chi connectivity index (χ0) is 22.1. The molecule has 0 atom stereocenters. The topological polar surface area (TPSA) is 59.5 Å². The molecular formula is C24H21Br2N3O2. The van der Waals surface area contributed by atoms with Gasteiger partial charge in [-0.25, -0.2) is 5.43 Å². The molecule has 2 aromatic carbocycles. The van der Waals surface area contributed by atoms with Crippen LogP contribution in [0.2, 0.25) is 0 Å². The van der Waals surface area contributed by atoms with Gasteiger partial charge in [0.2, 0.25) is 0 Å². The van der Waals surface area contributed by atoms with Crippen LogP contribution in [0.3, 0.4) is 0 Å². The second-order valence-electron chi connectivity index (χ2n) is 7.26. The van der Waals surface area contributed by atoms with Crippen molar-refractivity contribution in [3.05, 3.63) is 85.8 Å². The second kappa shape index (κ2) is 8.85. The van der Waals surface area contributed by atoms with Crippen molar-refractivity contribution in [2.75, 3.05) is 0 Å². The Bertz CT molecular complexity index is 1320. The van der Waals surface area contributed by atoms with E-state index in [4.69, 9.17) is 4.42 Å². The van der Waals surface area contributed by atoms with Gasteiger partial charge < -0.3 is 8.98 Å². The van der Waals surface area contributed by atoms with Crippen molar-refractivity contribution in [2.45, 2.75) is 27.2 Å². The number of hydrogen-bond donors (Lipinski definition) is 1. The summed E-state index contributed by atoms with van der Waals surface area (Å²) in [5.41, 5.74) is 8.75. The summed E-state index contributed by atoms with van der Waals surface area (Å²) in [6.07, 6.45) is 2.62. The number of para-hydroxylation sites is 1. The van der Waals surface area contributed by atoms with Crippen molar-refractivity contribution in [1.82, 2.24) is 9.99 Å². The maximum absolute atomic E-state index is 12.5. The van der Waals surface area contributed by atoms with E-state index in [1.54, 1.807) is 12.3 Å². The first-order valence-corrected chi connectivity index (χ1v) is 11.5. The lowest BCUT2D eigenvalue weighted by molar-refractivity contribution is 0.0929. The number of benzene rings is 2. The summed E-state index contributed by atoms with van der Waals surface area (Å²) in [7, 11) is 0. The molecule has 2 aromatic heterocycles. The average molecular weight is 543 g/mol. The fourth-order valence-corrected chi connectivity index (χ4v) is 5.06. The van der Waals surface area contributed by atoms with E-state index < -0.39 is 5.91 Å². The van der Waals surface area contributed by atoms with E-state index in [0.29, 0.717) is 5.58 Å². The Kier molecular flexibility index (Phi) is 6.16. The van der Waals surface area contributed by atoms with Crippen LogP contribution in [-0.2, 0) is 6.42 Å². The minimum absolute atomic E-state index is 0.202. The molecule has 158 valence electrons. The number of halogens is 2. The first-order chi connectivity index (χ1) is 14.9. The zero-order valence-corrected chi connectivity index (χ0v) is 20.5. The molecule has 1 amide bonds. The number of furan rings is 1. The number of amides is 1. The maximum atomic E-state index is 12.5. The maximum Gasteiger partial charge on any atom is 0.307 e. The average Bonchev–Trinajstić information content (AvgIpc) is 3.29. The van der Waals surface area contributed by atoms with E-state index in [1.165, 1.54) is 11.3 Å². The van der Waals surface area contributed by atoms with E-state index in [-0.39, 0.29) is 5.76 Å². The fourth-order valence-electron chi connectivity index (χ4n) is 3.72.